The first-order valence-electron chi connectivity index (χ1n) is 14.7. The number of amides is 4. The molecule has 1 unspecified atom stereocenters. The SMILES string of the molecule is CC(C)(C)OC(=O)Nc1cccn([C@@H](CC2CC2)C(=O)N[C@@H](C[C@@H]2CCNC2=O)C(O)C(=O)NCc2ccccc2)c1=O. The molecule has 0 bridgehead atoms. The fourth-order valence-corrected chi connectivity index (χ4v) is 5.07. The second-order valence-electron chi connectivity index (χ2n) is 12.2. The first kappa shape index (κ1) is 31.7. The summed E-state index contributed by atoms with van der Waals surface area (Å²) in [5.41, 5.74) is -0.583. The zero-order valence-corrected chi connectivity index (χ0v) is 24.8. The summed E-state index contributed by atoms with van der Waals surface area (Å²) >= 11 is 0. The predicted molar refractivity (Wildman–Crippen MR) is 159 cm³/mol. The average molecular weight is 596 g/mol. The summed E-state index contributed by atoms with van der Waals surface area (Å²) in [5, 5.41) is 21.8. The smallest absolute Gasteiger partial charge is 0.412 e. The lowest BCUT2D eigenvalue weighted by molar-refractivity contribution is -0.134. The monoisotopic (exact) mass is 595 g/mol. The van der Waals surface area contributed by atoms with Gasteiger partial charge in [0.25, 0.3) is 11.5 Å². The van der Waals surface area contributed by atoms with Gasteiger partial charge in [-0.15, -0.1) is 0 Å². The normalized spacial score (nSPS) is 18.6. The molecule has 0 radical (unpaired) electrons. The third-order valence-electron chi connectivity index (χ3n) is 7.49. The van der Waals surface area contributed by atoms with Gasteiger partial charge in [0.1, 0.15) is 17.3 Å². The van der Waals surface area contributed by atoms with Crippen LogP contribution in [0.4, 0.5) is 10.5 Å². The van der Waals surface area contributed by atoms with Gasteiger partial charge in [-0.05, 0) is 63.6 Å². The molecule has 1 aromatic carbocycles. The van der Waals surface area contributed by atoms with E-state index in [0.29, 0.717) is 19.4 Å². The summed E-state index contributed by atoms with van der Waals surface area (Å²) in [7, 11) is 0. The molecule has 12 nitrogen and oxygen atoms in total. The summed E-state index contributed by atoms with van der Waals surface area (Å²) in [4.78, 5) is 65.0. The van der Waals surface area contributed by atoms with E-state index in [1.54, 1.807) is 26.8 Å². The van der Waals surface area contributed by atoms with Crippen molar-refractivity contribution < 1.29 is 29.0 Å². The maximum atomic E-state index is 13.8. The highest BCUT2D eigenvalue weighted by molar-refractivity contribution is 5.86. The van der Waals surface area contributed by atoms with Crippen molar-refractivity contribution in [2.24, 2.45) is 11.8 Å². The van der Waals surface area contributed by atoms with Crippen molar-refractivity contribution in [3.63, 3.8) is 0 Å². The topological polar surface area (TPSA) is 168 Å². The molecule has 4 atom stereocenters. The Morgan fingerprint density at radius 2 is 1.74 bits per heavy atom. The Labute approximate surface area is 250 Å². The van der Waals surface area contributed by atoms with Crippen LogP contribution in [0.1, 0.15) is 64.5 Å². The van der Waals surface area contributed by atoms with Gasteiger partial charge in [0.2, 0.25) is 11.8 Å². The minimum absolute atomic E-state index is 0.0444. The highest BCUT2D eigenvalue weighted by Gasteiger charge is 2.37. The van der Waals surface area contributed by atoms with Crippen LogP contribution in [0, 0.1) is 11.8 Å². The molecule has 1 aliphatic heterocycles. The number of rotatable bonds is 12. The Balaban J connectivity index is 1.54. The van der Waals surface area contributed by atoms with E-state index >= 15 is 0 Å². The molecule has 43 heavy (non-hydrogen) atoms. The van der Waals surface area contributed by atoms with Crippen LogP contribution in [0.5, 0.6) is 0 Å². The molecule has 1 saturated carbocycles. The minimum atomic E-state index is -1.64. The van der Waals surface area contributed by atoms with Gasteiger partial charge >= 0.3 is 6.09 Å². The largest absolute Gasteiger partial charge is 0.444 e. The molecule has 1 aliphatic carbocycles. The second-order valence-corrected chi connectivity index (χ2v) is 12.2. The average Bonchev–Trinajstić information content (AvgIpc) is 3.69. The highest BCUT2D eigenvalue weighted by Crippen LogP contribution is 2.37. The number of nitrogens with zero attached hydrogens (tertiary/aromatic N) is 1. The number of carbonyl (C=O) groups is 4. The van der Waals surface area contributed by atoms with Crippen LogP contribution in [0.3, 0.4) is 0 Å². The number of hydrogen-bond donors (Lipinski definition) is 5. The molecule has 1 aromatic heterocycles. The molecule has 2 fully saturated rings. The summed E-state index contributed by atoms with van der Waals surface area (Å²) in [6, 6.07) is 10.1. The van der Waals surface area contributed by atoms with Gasteiger partial charge < -0.3 is 30.4 Å². The fourth-order valence-electron chi connectivity index (χ4n) is 5.07. The van der Waals surface area contributed by atoms with Gasteiger partial charge in [-0.2, -0.15) is 0 Å². The number of pyridine rings is 1. The highest BCUT2D eigenvalue weighted by atomic mass is 16.6. The van der Waals surface area contributed by atoms with Crippen molar-refractivity contribution in [3.8, 4) is 0 Å². The van der Waals surface area contributed by atoms with Crippen LogP contribution >= 0.6 is 0 Å². The number of ether oxygens (including phenoxy) is 1. The Bertz CT molecular complexity index is 1370. The van der Waals surface area contributed by atoms with Crippen LogP contribution in [0.2, 0.25) is 0 Å². The molecule has 232 valence electrons. The molecule has 1 saturated heterocycles. The van der Waals surface area contributed by atoms with E-state index in [-0.39, 0.29) is 30.5 Å². The summed E-state index contributed by atoms with van der Waals surface area (Å²) in [6.45, 7) is 5.76. The van der Waals surface area contributed by atoms with E-state index in [9.17, 15) is 29.1 Å². The summed E-state index contributed by atoms with van der Waals surface area (Å²) in [6.07, 6.45) is 1.75. The van der Waals surface area contributed by atoms with Crippen molar-refractivity contribution in [3.05, 3.63) is 64.6 Å². The predicted octanol–water partition coefficient (Wildman–Crippen LogP) is 2.22. The van der Waals surface area contributed by atoms with Crippen LogP contribution in [-0.2, 0) is 25.7 Å². The van der Waals surface area contributed by atoms with Crippen LogP contribution in [0.15, 0.2) is 53.5 Å². The number of aromatic nitrogens is 1. The molecule has 4 amide bonds. The molecule has 2 heterocycles. The van der Waals surface area contributed by atoms with E-state index in [2.05, 4.69) is 21.3 Å². The molecular weight excluding hydrogens is 554 g/mol. The van der Waals surface area contributed by atoms with Crippen molar-refractivity contribution in [1.82, 2.24) is 20.5 Å². The van der Waals surface area contributed by atoms with Gasteiger partial charge in [0.05, 0.1) is 6.04 Å². The van der Waals surface area contributed by atoms with Crippen LogP contribution < -0.4 is 26.8 Å². The van der Waals surface area contributed by atoms with Crippen LogP contribution in [0.25, 0.3) is 0 Å². The lowest BCUT2D eigenvalue weighted by Gasteiger charge is -2.28. The Morgan fingerprint density at radius 3 is 2.37 bits per heavy atom. The zero-order valence-electron chi connectivity index (χ0n) is 24.8. The lowest BCUT2D eigenvalue weighted by atomic mass is 9.94. The second kappa shape index (κ2) is 13.9. The van der Waals surface area contributed by atoms with E-state index in [4.69, 9.17) is 4.74 Å². The van der Waals surface area contributed by atoms with Gasteiger partial charge in [-0.25, -0.2) is 4.79 Å². The molecule has 2 aromatic rings. The van der Waals surface area contributed by atoms with E-state index in [1.807, 2.05) is 30.3 Å². The van der Waals surface area contributed by atoms with Gasteiger partial charge in [0.15, 0.2) is 6.10 Å². The van der Waals surface area contributed by atoms with Crippen LogP contribution in [-0.4, -0.2) is 57.8 Å². The molecule has 5 N–H and O–H groups in total. The Kier molecular flexibility index (Phi) is 10.2. The standard InChI is InChI=1S/C31H41N5O7/c1-31(2,3)43-30(42)35-22-10-7-15-36(29(22)41)24(16-19-11-12-19)27(39)34-23(17-21-13-14-32-26(21)38)25(37)28(40)33-18-20-8-5-4-6-9-20/h4-10,15,19,21,23-25,37H,11-14,16-18H2,1-3H3,(H,32,38)(H,33,40)(H,34,39)(H,35,42)/t21-,23-,24-,25?/m0/s1. The van der Waals surface area contributed by atoms with Crippen molar-refractivity contribution in [2.45, 2.75) is 83.2 Å². The molecule has 2 aliphatic rings. The maximum absolute atomic E-state index is 13.8. The quantitative estimate of drug-likeness (QED) is 0.251. The number of anilines is 1. The number of nitrogens with one attached hydrogen (secondary N) is 4. The minimum Gasteiger partial charge on any atom is -0.444 e. The third kappa shape index (κ3) is 9.15. The number of carbonyl (C=O) groups excluding carboxylic acids is 4. The van der Waals surface area contributed by atoms with E-state index < -0.39 is 53.2 Å². The first-order chi connectivity index (χ1) is 20.4. The third-order valence-corrected chi connectivity index (χ3v) is 7.49. The molecule has 12 heteroatoms. The van der Waals surface area contributed by atoms with Gasteiger partial charge in [-0.3, -0.25) is 24.5 Å². The first-order valence-corrected chi connectivity index (χ1v) is 14.7. The van der Waals surface area contributed by atoms with Crippen molar-refractivity contribution in [2.75, 3.05) is 11.9 Å². The van der Waals surface area contributed by atoms with E-state index in [1.165, 1.54) is 16.8 Å². The molecule has 0 spiro atoms. The van der Waals surface area contributed by atoms with Crippen molar-refractivity contribution in [1.29, 1.82) is 0 Å². The summed E-state index contributed by atoms with van der Waals surface area (Å²) < 4.78 is 6.52. The van der Waals surface area contributed by atoms with Gasteiger partial charge in [0, 0.05) is 25.2 Å². The van der Waals surface area contributed by atoms with Gasteiger partial charge in [-0.1, -0.05) is 43.2 Å². The zero-order chi connectivity index (χ0) is 31.1. The Hall–Kier alpha value is -4.19. The number of benzene rings is 1. The summed E-state index contributed by atoms with van der Waals surface area (Å²) in [5.74, 6) is -1.73. The maximum Gasteiger partial charge on any atom is 0.412 e. The number of aliphatic hydroxyl groups excluding tert-OH is 1. The van der Waals surface area contributed by atoms with Crippen molar-refractivity contribution >= 4 is 29.5 Å². The molecule has 4 rings (SSSR count). The lowest BCUT2D eigenvalue weighted by Crippen LogP contribution is -2.53. The molecular formula is C31H41N5O7. The number of hydrogen-bond acceptors (Lipinski definition) is 7. The fraction of sp³-hybridized carbons (Fsp3) is 0.516. The van der Waals surface area contributed by atoms with E-state index in [0.717, 1.165) is 18.4 Å². The Morgan fingerprint density at radius 1 is 1.02 bits per heavy atom. The number of aliphatic hydroxyl groups is 1.